The van der Waals surface area contributed by atoms with Gasteiger partial charge in [0, 0.05) is 11.3 Å². The predicted molar refractivity (Wildman–Crippen MR) is 104 cm³/mol. The quantitative estimate of drug-likeness (QED) is 0.268. The lowest BCUT2D eigenvalue weighted by molar-refractivity contribution is -0.134. The van der Waals surface area contributed by atoms with Gasteiger partial charge >= 0.3 is 0 Å². The Hall–Kier alpha value is -4.40. The third-order valence-electron chi connectivity index (χ3n) is 4.01. The van der Waals surface area contributed by atoms with Crippen LogP contribution in [0.15, 0.2) is 75.8 Å². The van der Waals surface area contributed by atoms with Crippen LogP contribution in [0.3, 0.4) is 0 Å². The van der Waals surface area contributed by atoms with E-state index in [4.69, 9.17) is 13.6 Å². The molecule has 2 heterocycles. The molecule has 9 heteroatoms. The van der Waals surface area contributed by atoms with Crippen molar-refractivity contribution in [2.75, 3.05) is 12.1 Å². The zero-order chi connectivity index (χ0) is 20.8. The van der Waals surface area contributed by atoms with E-state index in [9.17, 15) is 9.59 Å². The molecule has 0 fully saturated rings. The van der Waals surface area contributed by atoms with E-state index in [0.29, 0.717) is 17.0 Å². The minimum Gasteiger partial charge on any atom is -0.459 e. The summed E-state index contributed by atoms with van der Waals surface area (Å²) in [6, 6.07) is 17.0. The third kappa shape index (κ3) is 4.20. The summed E-state index contributed by atoms with van der Waals surface area (Å²) in [5.41, 5.74) is 1.44. The maximum absolute atomic E-state index is 12.7. The van der Waals surface area contributed by atoms with Crippen molar-refractivity contribution in [1.29, 1.82) is 0 Å². The summed E-state index contributed by atoms with van der Waals surface area (Å²) in [4.78, 5) is 23.0. The summed E-state index contributed by atoms with van der Waals surface area (Å²) >= 11 is 0. The molecule has 0 unspecified atom stereocenters. The minimum atomic E-state index is -0.393. The molecule has 1 amide bonds. The molecule has 4 aromatic rings. The number of carbonyl (C=O) groups excluding carboxylic acids is 2. The Morgan fingerprint density at radius 1 is 1.03 bits per heavy atom. The molecule has 2 aromatic heterocycles. The Balaban J connectivity index is 1.51. The second kappa shape index (κ2) is 8.74. The predicted octanol–water partition coefficient (Wildman–Crippen LogP) is 3.76. The van der Waals surface area contributed by atoms with Gasteiger partial charge in [0.25, 0.3) is 18.3 Å². The summed E-state index contributed by atoms with van der Waals surface area (Å²) < 4.78 is 20.7. The highest BCUT2D eigenvalue weighted by molar-refractivity contribution is 6.06. The van der Waals surface area contributed by atoms with E-state index in [0.717, 1.165) is 0 Å². The average molecular weight is 405 g/mol. The standard InChI is InChI=1S/C21H15N3O6/c25-12-27-13-29-17-8-2-1-7-16(17)19(26)22-15-6-3-5-14(11-15)20-23-24-21(30-20)18-9-4-10-28-18/h1-12H,13H2,(H,22,26). The fraction of sp³-hybridized carbons (Fsp3) is 0.0476. The van der Waals surface area contributed by atoms with Gasteiger partial charge in [0.05, 0.1) is 11.8 Å². The molecule has 30 heavy (non-hydrogen) atoms. The second-order valence-electron chi connectivity index (χ2n) is 5.95. The number of ether oxygens (including phenoxy) is 2. The molecule has 0 aliphatic carbocycles. The van der Waals surface area contributed by atoms with Crippen molar-refractivity contribution < 1.29 is 27.9 Å². The number of para-hydroxylation sites is 1. The molecular weight excluding hydrogens is 390 g/mol. The number of nitrogens with one attached hydrogen (secondary N) is 1. The third-order valence-corrected chi connectivity index (χ3v) is 4.01. The average Bonchev–Trinajstić information content (AvgIpc) is 3.46. The lowest BCUT2D eigenvalue weighted by Gasteiger charge is -2.11. The maximum atomic E-state index is 12.7. The smallest absolute Gasteiger partial charge is 0.295 e. The van der Waals surface area contributed by atoms with Gasteiger partial charge in [-0.15, -0.1) is 10.2 Å². The van der Waals surface area contributed by atoms with Crippen LogP contribution in [-0.4, -0.2) is 29.4 Å². The van der Waals surface area contributed by atoms with Crippen molar-refractivity contribution >= 4 is 18.1 Å². The van der Waals surface area contributed by atoms with Crippen LogP contribution in [0, 0.1) is 0 Å². The molecular formula is C21H15N3O6. The van der Waals surface area contributed by atoms with Gasteiger partial charge in [0.15, 0.2) is 5.76 Å². The zero-order valence-corrected chi connectivity index (χ0v) is 15.5. The van der Waals surface area contributed by atoms with Crippen molar-refractivity contribution in [2.45, 2.75) is 0 Å². The van der Waals surface area contributed by atoms with E-state index in [2.05, 4.69) is 20.3 Å². The summed E-state index contributed by atoms with van der Waals surface area (Å²) in [7, 11) is 0. The van der Waals surface area contributed by atoms with E-state index < -0.39 is 5.91 Å². The first-order chi connectivity index (χ1) is 14.7. The topological polar surface area (TPSA) is 117 Å². The number of hydrogen-bond donors (Lipinski definition) is 1. The Kier molecular flexibility index (Phi) is 5.52. The molecule has 9 nitrogen and oxygen atoms in total. The molecule has 150 valence electrons. The van der Waals surface area contributed by atoms with Crippen molar-refractivity contribution in [1.82, 2.24) is 10.2 Å². The van der Waals surface area contributed by atoms with Crippen LogP contribution in [0.1, 0.15) is 10.4 Å². The molecule has 0 aliphatic rings. The van der Waals surface area contributed by atoms with Crippen molar-refractivity contribution in [3.05, 3.63) is 72.5 Å². The number of aromatic nitrogens is 2. The van der Waals surface area contributed by atoms with E-state index in [1.165, 1.54) is 6.26 Å². The highest BCUT2D eigenvalue weighted by Crippen LogP contribution is 2.26. The van der Waals surface area contributed by atoms with Crippen LogP contribution in [0.4, 0.5) is 5.69 Å². The van der Waals surface area contributed by atoms with Crippen LogP contribution >= 0.6 is 0 Å². The Morgan fingerprint density at radius 3 is 2.73 bits per heavy atom. The highest BCUT2D eigenvalue weighted by atomic mass is 16.7. The first-order valence-electron chi connectivity index (χ1n) is 8.81. The number of hydrogen-bond acceptors (Lipinski definition) is 8. The van der Waals surface area contributed by atoms with Crippen LogP contribution in [0.25, 0.3) is 23.1 Å². The van der Waals surface area contributed by atoms with Gasteiger partial charge in [-0.05, 0) is 42.5 Å². The molecule has 0 saturated heterocycles. The van der Waals surface area contributed by atoms with Crippen LogP contribution in [-0.2, 0) is 9.53 Å². The molecule has 0 aliphatic heterocycles. The van der Waals surface area contributed by atoms with Crippen molar-refractivity contribution in [3.8, 4) is 28.9 Å². The number of amides is 1. The Labute approximate surface area is 170 Å². The first kappa shape index (κ1) is 18.9. The molecule has 0 saturated carbocycles. The van der Waals surface area contributed by atoms with Gasteiger partial charge < -0.3 is 23.6 Å². The number of carbonyl (C=O) groups is 2. The molecule has 0 spiro atoms. The summed E-state index contributed by atoms with van der Waals surface area (Å²) in [5, 5.41) is 10.8. The van der Waals surface area contributed by atoms with Gasteiger partial charge in [0.1, 0.15) is 5.75 Å². The Morgan fingerprint density at radius 2 is 1.90 bits per heavy atom. The fourth-order valence-corrected chi connectivity index (χ4v) is 2.67. The van der Waals surface area contributed by atoms with Gasteiger partial charge in [-0.25, -0.2) is 0 Å². The molecule has 1 N–H and O–H groups in total. The first-order valence-corrected chi connectivity index (χ1v) is 8.81. The van der Waals surface area contributed by atoms with E-state index in [1.54, 1.807) is 60.7 Å². The number of rotatable bonds is 8. The normalized spacial score (nSPS) is 10.4. The molecule has 0 bridgehead atoms. The molecule has 2 aromatic carbocycles. The van der Waals surface area contributed by atoms with Crippen LogP contribution in [0.5, 0.6) is 5.75 Å². The zero-order valence-electron chi connectivity index (χ0n) is 15.5. The van der Waals surface area contributed by atoms with Gasteiger partial charge in [0.2, 0.25) is 12.7 Å². The van der Waals surface area contributed by atoms with E-state index in [-0.39, 0.29) is 36.4 Å². The number of nitrogens with zero attached hydrogens (tertiary/aromatic N) is 2. The molecule has 0 radical (unpaired) electrons. The van der Waals surface area contributed by atoms with E-state index in [1.807, 2.05) is 0 Å². The number of benzene rings is 2. The highest BCUT2D eigenvalue weighted by Gasteiger charge is 2.15. The summed E-state index contributed by atoms with van der Waals surface area (Å²) in [6.07, 6.45) is 1.52. The van der Waals surface area contributed by atoms with Gasteiger partial charge in [-0.3, -0.25) is 9.59 Å². The molecule has 4 rings (SSSR count). The largest absolute Gasteiger partial charge is 0.459 e. The minimum absolute atomic E-state index is 0.257. The Bertz CT molecular complexity index is 1150. The van der Waals surface area contributed by atoms with Crippen LogP contribution < -0.4 is 10.1 Å². The lowest BCUT2D eigenvalue weighted by atomic mass is 10.1. The lowest BCUT2D eigenvalue weighted by Crippen LogP contribution is -2.14. The number of anilines is 1. The maximum Gasteiger partial charge on any atom is 0.295 e. The van der Waals surface area contributed by atoms with Crippen molar-refractivity contribution in [2.24, 2.45) is 0 Å². The molecule has 0 atom stereocenters. The van der Waals surface area contributed by atoms with Crippen molar-refractivity contribution in [3.63, 3.8) is 0 Å². The second-order valence-corrected chi connectivity index (χ2v) is 5.95. The number of furan rings is 1. The monoisotopic (exact) mass is 405 g/mol. The van der Waals surface area contributed by atoms with E-state index >= 15 is 0 Å². The van der Waals surface area contributed by atoms with Crippen LogP contribution in [0.2, 0.25) is 0 Å². The van der Waals surface area contributed by atoms with Gasteiger partial charge in [-0.1, -0.05) is 18.2 Å². The summed E-state index contributed by atoms with van der Waals surface area (Å²) in [5.74, 6) is 0.900. The SMILES string of the molecule is O=COCOc1ccccc1C(=O)Nc1cccc(-c2nnc(-c3ccco3)o2)c1. The summed E-state index contributed by atoms with van der Waals surface area (Å²) in [6.45, 7) is -0.0263. The van der Waals surface area contributed by atoms with Gasteiger partial charge in [-0.2, -0.15) is 0 Å². The fourth-order valence-electron chi connectivity index (χ4n) is 2.67.